The first-order valence-electron chi connectivity index (χ1n) is 9.72. The van der Waals surface area contributed by atoms with Gasteiger partial charge in [0.25, 0.3) is 0 Å². The van der Waals surface area contributed by atoms with E-state index in [0.717, 1.165) is 26.1 Å². The topological polar surface area (TPSA) is 29.5 Å². The van der Waals surface area contributed by atoms with Gasteiger partial charge in [-0.25, -0.2) is 0 Å². The lowest BCUT2D eigenvalue weighted by atomic mass is 9.59. The minimum absolute atomic E-state index is 0.0670. The summed E-state index contributed by atoms with van der Waals surface area (Å²) in [5, 5.41) is 0. The van der Waals surface area contributed by atoms with Gasteiger partial charge < -0.3 is 9.64 Å². The van der Waals surface area contributed by atoms with Crippen LogP contribution in [-0.4, -0.2) is 36.6 Å². The van der Waals surface area contributed by atoms with E-state index in [9.17, 15) is 4.79 Å². The first kappa shape index (κ1) is 15.7. The first-order chi connectivity index (χ1) is 11.1. The minimum atomic E-state index is 0.0670. The van der Waals surface area contributed by atoms with Crippen LogP contribution in [0.15, 0.2) is 11.6 Å². The second kappa shape index (κ2) is 5.91. The number of allylic oxidation sites excluding steroid dienone is 1. The molecule has 0 bridgehead atoms. The number of piperidine rings is 1. The molecule has 3 fully saturated rings. The summed E-state index contributed by atoms with van der Waals surface area (Å²) in [6, 6.07) is 0. The van der Waals surface area contributed by atoms with Gasteiger partial charge in [0.15, 0.2) is 0 Å². The average Bonchev–Trinajstić information content (AvgIpc) is 2.81. The molecule has 0 unspecified atom stereocenters. The lowest BCUT2D eigenvalue weighted by Crippen LogP contribution is -2.41. The van der Waals surface area contributed by atoms with Gasteiger partial charge in [-0.1, -0.05) is 38.3 Å². The number of ether oxygens (including phenoxy) is 1. The van der Waals surface area contributed by atoms with Crippen LogP contribution in [0.1, 0.15) is 58.8 Å². The van der Waals surface area contributed by atoms with Gasteiger partial charge in [-0.3, -0.25) is 4.79 Å². The molecule has 5 atom stereocenters. The Hall–Kier alpha value is -0.830. The van der Waals surface area contributed by atoms with E-state index in [0.29, 0.717) is 11.8 Å². The highest BCUT2D eigenvalue weighted by molar-refractivity contribution is 5.76. The van der Waals surface area contributed by atoms with E-state index < -0.39 is 0 Å². The summed E-state index contributed by atoms with van der Waals surface area (Å²) in [6.07, 6.45) is 11.5. The van der Waals surface area contributed by atoms with Gasteiger partial charge in [-0.05, 0) is 56.5 Å². The molecule has 2 saturated heterocycles. The molecule has 4 rings (SSSR count). The summed E-state index contributed by atoms with van der Waals surface area (Å²) in [6.45, 7) is 8.00. The Kier molecular flexibility index (Phi) is 4.03. The highest BCUT2D eigenvalue weighted by Crippen LogP contribution is 2.54. The predicted octanol–water partition coefficient (Wildman–Crippen LogP) is 3.79. The molecule has 23 heavy (non-hydrogen) atoms. The molecule has 2 aliphatic carbocycles. The molecule has 2 aliphatic heterocycles. The molecule has 0 N–H and O–H groups in total. The Morgan fingerprint density at radius 2 is 2.04 bits per heavy atom. The quantitative estimate of drug-likeness (QED) is 0.573. The summed E-state index contributed by atoms with van der Waals surface area (Å²) in [5.74, 6) is 1.15. The molecule has 3 heteroatoms. The Bertz CT molecular complexity index is 508. The van der Waals surface area contributed by atoms with Crippen molar-refractivity contribution in [3.05, 3.63) is 11.6 Å². The highest BCUT2D eigenvalue weighted by atomic mass is 16.6. The lowest BCUT2D eigenvalue weighted by molar-refractivity contribution is -0.145. The van der Waals surface area contributed by atoms with Crippen LogP contribution in [-0.2, 0) is 9.53 Å². The van der Waals surface area contributed by atoms with Crippen molar-refractivity contribution in [2.24, 2.45) is 23.2 Å². The van der Waals surface area contributed by atoms with Crippen molar-refractivity contribution in [3.63, 3.8) is 0 Å². The molecular weight excluding hydrogens is 286 g/mol. The molecule has 2 heterocycles. The number of carbonyl (C=O) groups excluding carboxylic acids is 1. The van der Waals surface area contributed by atoms with Gasteiger partial charge in [-0.2, -0.15) is 0 Å². The monoisotopic (exact) mass is 317 g/mol. The van der Waals surface area contributed by atoms with Crippen molar-refractivity contribution in [2.75, 3.05) is 19.6 Å². The van der Waals surface area contributed by atoms with E-state index in [2.05, 4.69) is 24.8 Å². The van der Waals surface area contributed by atoms with E-state index in [4.69, 9.17) is 4.74 Å². The lowest BCUT2D eigenvalue weighted by Gasteiger charge is -2.46. The van der Waals surface area contributed by atoms with Gasteiger partial charge >= 0.3 is 5.97 Å². The van der Waals surface area contributed by atoms with Crippen LogP contribution in [0.3, 0.4) is 0 Å². The standard InChI is InChI=1S/C20H31NO2/c1-14-7-6-8-20(2)12-18-15(11-17(14)20)16(19(22)23-18)13-21-9-4-3-5-10-21/h11,14-16,18H,3-10,12-13H2,1-2H3/t14-,15+,16-,18+,20+/m0/s1. The number of rotatable bonds is 2. The van der Waals surface area contributed by atoms with Gasteiger partial charge in [0.1, 0.15) is 6.10 Å². The van der Waals surface area contributed by atoms with Crippen LogP contribution in [0.25, 0.3) is 0 Å². The number of carbonyl (C=O) groups is 1. The Balaban J connectivity index is 1.56. The minimum Gasteiger partial charge on any atom is -0.461 e. The Morgan fingerprint density at radius 1 is 1.26 bits per heavy atom. The van der Waals surface area contributed by atoms with E-state index in [1.807, 2.05) is 0 Å². The fourth-order valence-electron chi connectivity index (χ4n) is 5.68. The largest absolute Gasteiger partial charge is 0.461 e. The number of hydrogen-bond acceptors (Lipinski definition) is 3. The maximum atomic E-state index is 12.5. The van der Waals surface area contributed by atoms with Crippen LogP contribution >= 0.6 is 0 Å². The zero-order chi connectivity index (χ0) is 16.0. The van der Waals surface area contributed by atoms with Crippen molar-refractivity contribution >= 4 is 5.97 Å². The molecule has 4 aliphatic rings. The van der Waals surface area contributed by atoms with Crippen molar-refractivity contribution < 1.29 is 9.53 Å². The summed E-state index contributed by atoms with van der Waals surface area (Å²) < 4.78 is 5.86. The Labute approximate surface area is 140 Å². The average molecular weight is 317 g/mol. The molecule has 0 amide bonds. The van der Waals surface area contributed by atoms with Crippen LogP contribution in [0.2, 0.25) is 0 Å². The molecule has 0 aromatic heterocycles. The zero-order valence-corrected chi connectivity index (χ0v) is 14.7. The van der Waals surface area contributed by atoms with E-state index in [1.165, 1.54) is 38.5 Å². The fraction of sp³-hybridized carbons (Fsp3) is 0.850. The molecular formula is C20H31NO2. The Morgan fingerprint density at radius 3 is 2.83 bits per heavy atom. The molecule has 0 aromatic carbocycles. The summed E-state index contributed by atoms with van der Waals surface area (Å²) in [7, 11) is 0. The van der Waals surface area contributed by atoms with Crippen LogP contribution in [0.4, 0.5) is 0 Å². The third kappa shape index (κ3) is 2.75. The van der Waals surface area contributed by atoms with E-state index in [-0.39, 0.29) is 23.4 Å². The highest BCUT2D eigenvalue weighted by Gasteiger charge is 2.51. The molecule has 0 radical (unpaired) electrons. The SMILES string of the molecule is C[C@H]1CCC[C@]2(C)C[C@H]3OC(=O)[C@@H](CN4CCCCC4)[C@H]3C=C12. The van der Waals surface area contributed by atoms with Crippen LogP contribution in [0, 0.1) is 23.2 Å². The van der Waals surface area contributed by atoms with Gasteiger partial charge in [-0.15, -0.1) is 0 Å². The predicted molar refractivity (Wildman–Crippen MR) is 91.0 cm³/mol. The number of esters is 1. The van der Waals surface area contributed by atoms with Crippen LogP contribution in [0.5, 0.6) is 0 Å². The maximum absolute atomic E-state index is 12.5. The second-order valence-corrected chi connectivity index (χ2v) is 8.70. The number of likely N-dealkylation sites (tertiary alicyclic amines) is 1. The number of nitrogens with zero attached hydrogens (tertiary/aromatic N) is 1. The normalized spacial score (nSPS) is 44.3. The van der Waals surface area contributed by atoms with Crippen molar-refractivity contribution in [3.8, 4) is 0 Å². The van der Waals surface area contributed by atoms with Crippen LogP contribution < -0.4 is 0 Å². The van der Waals surface area contributed by atoms with Gasteiger partial charge in [0.05, 0.1) is 5.92 Å². The zero-order valence-electron chi connectivity index (χ0n) is 14.7. The van der Waals surface area contributed by atoms with Crippen molar-refractivity contribution in [1.82, 2.24) is 4.90 Å². The summed E-state index contributed by atoms with van der Waals surface area (Å²) >= 11 is 0. The van der Waals surface area contributed by atoms with E-state index in [1.54, 1.807) is 5.57 Å². The van der Waals surface area contributed by atoms with E-state index >= 15 is 0 Å². The smallest absolute Gasteiger partial charge is 0.311 e. The third-order valence-corrected chi connectivity index (χ3v) is 6.99. The van der Waals surface area contributed by atoms with Crippen molar-refractivity contribution in [1.29, 1.82) is 0 Å². The van der Waals surface area contributed by atoms with Crippen molar-refractivity contribution in [2.45, 2.75) is 64.9 Å². The molecule has 3 nitrogen and oxygen atoms in total. The molecule has 0 spiro atoms. The fourth-order valence-corrected chi connectivity index (χ4v) is 5.68. The summed E-state index contributed by atoms with van der Waals surface area (Å²) in [5.41, 5.74) is 1.91. The number of hydrogen-bond donors (Lipinski definition) is 0. The molecule has 128 valence electrons. The van der Waals surface area contributed by atoms with Gasteiger partial charge in [0.2, 0.25) is 0 Å². The molecule has 1 saturated carbocycles. The summed E-state index contributed by atoms with van der Waals surface area (Å²) in [4.78, 5) is 15.0. The molecule has 0 aromatic rings. The maximum Gasteiger partial charge on any atom is 0.311 e. The van der Waals surface area contributed by atoms with Gasteiger partial charge in [0, 0.05) is 12.5 Å². The third-order valence-electron chi connectivity index (χ3n) is 6.99. The number of fused-ring (bicyclic) bond motifs is 2. The second-order valence-electron chi connectivity index (χ2n) is 8.70. The first-order valence-corrected chi connectivity index (χ1v) is 9.72.